The predicted molar refractivity (Wildman–Crippen MR) is 224 cm³/mol. The maximum Gasteiger partial charge on any atom is -0.00259 e. The summed E-state index contributed by atoms with van der Waals surface area (Å²) in [7, 11) is 0. The van der Waals surface area contributed by atoms with E-state index in [1.165, 1.54) is 98.7 Å². The van der Waals surface area contributed by atoms with Crippen molar-refractivity contribution in [2.24, 2.45) is 0 Å². The fourth-order valence-electron chi connectivity index (χ4n) is 8.16. The molecule has 52 heavy (non-hydrogen) atoms. The van der Waals surface area contributed by atoms with Gasteiger partial charge < -0.3 is 0 Å². The lowest BCUT2D eigenvalue weighted by Crippen LogP contribution is -1.93. The van der Waals surface area contributed by atoms with Crippen molar-refractivity contribution in [3.8, 4) is 55.6 Å². The van der Waals surface area contributed by atoms with E-state index in [-0.39, 0.29) is 0 Å². The molecule has 10 aromatic rings. The normalized spacial score (nSPS) is 11.5. The molecule has 0 amide bonds. The number of benzene rings is 10. The van der Waals surface area contributed by atoms with Crippen LogP contribution in [0.5, 0.6) is 0 Å². The maximum atomic E-state index is 2.41. The molecule has 0 N–H and O–H groups in total. The smallest absolute Gasteiger partial charge is 0.00259 e. The van der Waals surface area contributed by atoms with Crippen LogP contribution in [-0.4, -0.2) is 0 Å². The first-order valence-electron chi connectivity index (χ1n) is 18.0. The van der Waals surface area contributed by atoms with Crippen molar-refractivity contribution in [1.29, 1.82) is 0 Å². The van der Waals surface area contributed by atoms with E-state index in [2.05, 4.69) is 206 Å². The third kappa shape index (κ3) is 5.16. The van der Waals surface area contributed by atoms with Gasteiger partial charge in [-0.05, 0) is 129 Å². The Morgan fingerprint density at radius 1 is 0.192 bits per heavy atom. The summed E-state index contributed by atoms with van der Waals surface area (Å²) in [6.07, 6.45) is 0. The molecule has 0 saturated heterocycles. The first kappa shape index (κ1) is 30.1. The number of hydrogen-bond donors (Lipinski definition) is 0. The summed E-state index contributed by atoms with van der Waals surface area (Å²) in [5.74, 6) is 0. The van der Waals surface area contributed by atoms with Crippen LogP contribution in [0.15, 0.2) is 206 Å². The first-order chi connectivity index (χ1) is 25.8. The van der Waals surface area contributed by atoms with Gasteiger partial charge in [0, 0.05) is 0 Å². The topological polar surface area (TPSA) is 0 Å². The van der Waals surface area contributed by atoms with Gasteiger partial charge in [-0.2, -0.15) is 0 Å². The summed E-state index contributed by atoms with van der Waals surface area (Å²) >= 11 is 0. The lowest BCUT2D eigenvalue weighted by atomic mass is 9.83. The van der Waals surface area contributed by atoms with E-state index >= 15 is 0 Å². The van der Waals surface area contributed by atoms with Crippen molar-refractivity contribution in [3.63, 3.8) is 0 Å². The van der Waals surface area contributed by atoms with Gasteiger partial charge in [0.05, 0.1) is 0 Å². The van der Waals surface area contributed by atoms with Gasteiger partial charge >= 0.3 is 0 Å². The zero-order valence-corrected chi connectivity index (χ0v) is 28.6. The van der Waals surface area contributed by atoms with Crippen molar-refractivity contribution in [3.05, 3.63) is 206 Å². The van der Waals surface area contributed by atoms with Gasteiger partial charge in [0.25, 0.3) is 0 Å². The molecule has 0 spiro atoms. The highest BCUT2D eigenvalue weighted by molar-refractivity contribution is 6.22. The summed E-state index contributed by atoms with van der Waals surface area (Å²) in [4.78, 5) is 0. The number of rotatable bonds is 5. The Morgan fingerprint density at radius 3 is 1.46 bits per heavy atom. The van der Waals surface area contributed by atoms with Crippen LogP contribution in [-0.2, 0) is 0 Å². The average Bonchev–Trinajstić information content (AvgIpc) is 3.22. The van der Waals surface area contributed by atoms with Crippen LogP contribution in [0, 0.1) is 0 Å². The third-order valence-corrected chi connectivity index (χ3v) is 10.6. The highest BCUT2D eigenvalue weighted by Crippen LogP contribution is 2.47. The molecule has 0 unspecified atom stereocenters. The Labute approximate surface area is 303 Å². The molecule has 0 heterocycles. The van der Waals surface area contributed by atoms with Gasteiger partial charge in [-0.25, -0.2) is 0 Å². The second-order valence-corrected chi connectivity index (χ2v) is 13.7. The Kier molecular flexibility index (Phi) is 7.25. The quantitative estimate of drug-likeness (QED) is 0.161. The SMILES string of the molecule is c1ccc(-c2cc(-c3cccc4ccccc34)cc(-c3c4ccccc4c(-c4ccc5ccccc5c4)c4cc(-c5ccccc5)ccc34)c2)cc1. The van der Waals surface area contributed by atoms with Crippen LogP contribution in [0.25, 0.3) is 98.7 Å². The van der Waals surface area contributed by atoms with Crippen LogP contribution in [0.2, 0.25) is 0 Å². The monoisotopic (exact) mass is 658 g/mol. The van der Waals surface area contributed by atoms with E-state index in [1.807, 2.05) is 0 Å². The molecule has 0 aliphatic carbocycles. The molecule has 0 bridgehead atoms. The highest BCUT2D eigenvalue weighted by Gasteiger charge is 2.19. The molecule has 0 atom stereocenters. The highest BCUT2D eigenvalue weighted by atomic mass is 14.2. The van der Waals surface area contributed by atoms with E-state index in [0.717, 1.165) is 0 Å². The minimum Gasteiger partial charge on any atom is -0.0622 e. The van der Waals surface area contributed by atoms with Crippen molar-refractivity contribution >= 4 is 43.1 Å². The van der Waals surface area contributed by atoms with E-state index in [0.29, 0.717) is 0 Å². The third-order valence-electron chi connectivity index (χ3n) is 10.6. The molecule has 0 fully saturated rings. The molecule has 0 aromatic heterocycles. The molecule has 10 aromatic carbocycles. The fourth-order valence-corrected chi connectivity index (χ4v) is 8.16. The predicted octanol–water partition coefficient (Wildman–Crippen LogP) is 14.6. The Bertz CT molecular complexity index is 2930. The van der Waals surface area contributed by atoms with Gasteiger partial charge in [-0.3, -0.25) is 0 Å². The molecule has 242 valence electrons. The fraction of sp³-hybridized carbons (Fsp3) is 0. The molecular formula is C52H34. The van der Waals surface area contributed by atoms with Gasteiger partial charge in [0.15, 0.2) is 0 Å². The molecule has 0 heteroatoms. The second-order valence-electron chi connectivity index (χ2n) is 13.7. The summed E-state index contributed by atoms with van der Waals surface area (Å²) in [5.41, 5.74) is 12.3. The maximum absolute atomic E-state index is 2.41. The van der Waals surface area contributed by atoms with Crippen LogP contribution in [0.4, 0.5) is 0 Å². The van der Waals surface area contributed by atoms with E-state index in [4.69, 9.17) is 0 Å². The lowest BCUT2D eigenvalue weighted by Gasteiger charge is -2.20. The zero-order valence-electron chi connectivity index (χ0n) is 28.6. The van der Waals surface area contributed by atoms with Crippen LogP contribution in [0.1, 0.15) is 0 Å². The number of hydrogen-bond acceptors (Lipinski definition) is 0. The van der Waals surface area contributed by atoms with Crippen molar-refractivity contribution < 1.29 is 0 Å². The molecular weight excluding hydrogens is 625 g/mol. The molecule has 0 nitrogen and oxygen atoms in total. The van der Waals surface area contributed by atoms with Crippen molar-refractivity contribution in [2.45, 2.75) is 0 Å². The van der Waals surface area contributed by atoms with Gasteiger partial charge in [0.2, 0.25) is 0 Å². The van der Waals surface area contributed by atoms with Gasteiger partial charge in [-0.15, -0.1) is 0 Å². The van der Waals surface area contributed by atoms with Gasteiger partial charge in [0.1, 0.15) is 0 Å². The summed E-state index contributed by atoms with van der Waals surface area (Å²) in [6.45, 7) is 0. The first-order valence-corrected chi connectivity index (χ1v) is 18.0. The summed E-state index contributed by atoms with van der Waals surface area (Å²) in [5, 5.41) is 10.0. The van der Waals surface area contributed by atoms with Crippen LogP contribution < -0.4 is 0 Å². The largest absolute Gasteiger partial charge is 0.0622 e. The number of fused-ring (bicyclic) bond motifs is 4. The molecule has 10 rings (SSSR count). The van der Waals surface area contributed by atoms with Gasteiger partial charge in [-0.1, -0.05) is 176 Å². The van der Waals surface area contributed by atoms with E-state index < -0.39 is 0 Å². The zero-order chi connectivity index (χ0) is 34.4. The van der Waals surface area contributed by atoms with Crippen LogP contribution in [0.3, 0.4) is 0 Å². The standard InChI is InChI=1S/C52H34/c1-3-14-35(15-4-1)40-28-29-49-50(34-40)51(41-27-26-37-18-7-8-20-39(37)30-41)47-23-11-12-24-48(47)52(49)44-32-42(36-16-5-2-6-17-36)31-43(33-44)46-25-13-21-38-19-9-10-22-45(38)46/h1-34H. The minimum atomic E-state index is 1.21. The van der Waals surface area contributed by atoms with Crippen molar-refractivity contribution in [2.75, 3.05) is 0 Å². The Morgan fingerprint density at radius 2 is 0.712 bits per heavy atom. The Hall–Kier alpha value is -6.76. The average molecular weight is 659 g/mol. The van der Waals surface area contributed by atoms with E-state index in [9.17, 15) is 0 Å². The van der Waals surface area contributed by atoms with Crippen molar-refractivity contribution in [1.82, 2.24) is 0 Å². The second kappa shape index (κ2) is 12.5. The summed E-state index contributed by atoms with van der Waals surface area (Å²) < 4.78 is 0. The summed E-state index contributed by atoms with van der Waals surface area (Å²) in [6, 6.07) is 75.7. The lowest BCUT2D eigenvalue weighted by molar-refractivity contribution is 1.59. The molecule has 0 aliphatic rings. The molecule has 0 aliphatic heterocycles. The van der Waals surface area contributed by atoms with E-state index in [1.54, 1.807) is 0 Å². The molecule has 0 radical (unpaired) electrons. The Balaban J connectivity index is 1.32. The van der Waals surface area contributed by atoms with Crippen LogP contribution >= 0.6 is 0 Å². The molecule has 0 saturated carbocycles. The minimum absolute atomic E-state index is 1.21.